The van der Waals surface area contributed by atoms with E-state index in [1.165, 1.54) is 20.2 Å². The second kappa shape index (κ2) is 12.4. The molecule has 1 saturated heterocycles. The van der Waals surface area contributed by atoms with Crippen LogP contribution in [0.15, 0.2) is 58.7 Å². The molecule has 2 aromatic carbocycles. The predicted molar refractivity (Wildman–Crippen MR) is 136 cm³/mol. The fourth-order valence-corrected chi connectivity index (χ4v) is 4.70. The highest BCUT2D eigenvalue weighted by molar-refractivity contribution is 5.81. The zero-order valence-corrected chi connectivity index (χ0v) is 21.9. The van der Waals surface area contributed by atoms with E-state index in [1.54, 1.807) is 18.2 Å². The Morgan fingerprint density at radius 1 is 1.05 bits per heavy atom. The molecule has 0 spiro atoms. The monoisotopic (exact) mass is 572 g/mol. The first-order valence-corrected chi connectivity index (χ1v) is 12.3. The van der Waals surface area contributed by atoms with Crippen molar-refractivity contribution in [2.45, 2.75) is 50.2 Å². The molecule has 2 aromatic rings. The first-order valence-electron chi connectivity index (χ1n) is 12.3. The first kappa shape index (κ1) is 31.1. The zero-order valence-electron chi connectivity index (χ0n) is 21.9. The molecule has 1 heterocycles. The summed E-state index contributed by atoms with van der Waals surface area (Å²) < 4.78 is 91.3. The SMILES string of the molecule is COC(=O)[C@@]1(C/C=N\N=C/N)CC[C@@](CO[C@H](C)c2cc(C(F)(F)F)cc(C(F)(F)F)c2)(c2ccccc2)NC1. The maximum absolute atomic E-state index is 13.4. The Morgan fingerprint density at radius 3 is 2.17 bits per heavy atom. The summed E-state index contributed by atoms with van der Waals surface area (Å²) in [5.41, 5.74) is 0.998. The highest BCUT2D eigenvalue weighted by Gasteiger charge is 2.48. The summed E-state index contributed by atoms with van der Waals surface area (Å²) in [7, 11) is 1.27. The molecule has 1 aliphatic heterocycles. The van der Waals surface area contributed by atoms with Crippen LogP contribution in [0.1, 0.15) is 54.5 Å². The van der Waals surface area contributed by atoms with Crippen molar-refractivity contribution in [3.05, 3.63) is 70.8 Å². The molecule has 0 bridgehead atoms. The van der Waals surface area contributed by atoms with E-state index < -0.39 is 46.5 Å². The smallest absolute Gasteiger partial charge is 0.416 e. The molecule has 218 valence electrons. The number of carbonyl (C=O) groups excluding carboxylic acids is 1. The molecule has 3 N–H and O–H groups in total. The van der Waals surface area contributed by atoms with Gasteiger partial charge in [-0.05, 0) is 49.1 Å². The molecule has 3 atom stereocenters. The number of hydrogen-bond acceptors (Lipinski definition) is 6. The van der Waals surface area contributed by atoms with Crippen molar-refractivity contribution in [1.82, 2.24) is 5.32 Å². The van der Waals surface area contributed by atoms with Gasteiger partial charge < -0.3 is 20.5 Å². The van der Waals surface area contributed by atoms with E-state index in [4.69, 9.17) is 15.2 Å². The van der Waals surface area contributed by atoms with Gasteiger partial charge in [-0.25, -0.2) is 0 Å². The number of hydrogen-bond donors (Lipinski definition) is 2. The number of methoxy groups -OCH3 is 1. The number of rotatable bonds is 9. The van der Waals surface area contributed by atoms with Crippen molar-refractivity contribution in [2.24, 2.45) is 21.4 Å². The number of benzene rings is 2. The summed E-state index contributed by atoms with van der Waals surface area (Å²) in [6.07, 6.45) is -7.76. The van der Waals surface area contributed by atoms with Gasteiger partial charge in [-0.3, -0.25) is 4.79 Å². The lowest BCUT2D eigenvalue weighted by molar-refractivity contribution is -0.155. The minimum atomic E-state index is -4.97. The van der Waals surface area contributed by atoms with Gasteiger partial charge in [-0.2, -0.15) is 31.4 Å². The number of halogens is 6. The Balaban J connectivity index is 1.90. The average Bonchev–Trinajstić information content (AvgIpc) is 2.93. The first-order chi connectivity index (χ1) is 18.8. The van der Waals surface area contributed by atoms with Crippen LogP contribution < -0.4 is 11.1 Å². The van der Waals surface area contributed by atoms with Gasteiger partial charge in [-0.15, -0.1) is 5.10 Å². The molecule has 0 saturated carbocycles. The van der Waals surface area contributed by atoms with Crippen molar-refractivity contribution >= 4 is 18.5 Å². The Bertz CT molecular complexity index is 1170. The normalized spacial score (nSPS) is 23.0. The van der Waals surface area contributed by atoms with E-state index in [2.05, 4.69) is 15.5 Å². The fraction of sp³-hybridized carbons (Fsp3) is 0.444. The summed E-state index contributed by atoms with van der Waals surface area (Å²) in [4.78, 5) is 12.8. The summed E-state index contributed by atoms with van der Waals surface area (Å²) in [5.74, 6) is -0.470. The van der Waals surface area contributed by atoms with Crippen molar-refractivity contribution < 1.29 is 40.6 Å². The van der Waals surface area contributed by atoms with Gasteiger partial charge in [0.05, 0.1) is 41.9 Å². The minimum Gasteiger partial charge on any atom is -0.469 e. The standard InChI is InChI=1S/C27H30F6N4O3/c1-18(19-12-21(26(28,29)30)14-22(13-19)27(31,32)33)40-16-25(20-6-4-3-5-7-20)9-8-24(15-35-25,23(38)39-2)10-11-36-37-17-34/h3-7,11-14,17-18,35H,8-10,15-16H2,1-2H3,(H2,34,37)/b36-11-/t18-,24-,25-/m1/s1. The molecule has 0 aliphatic carbocycles. The maximum atomic E-state index is 13.4. The number of nitrogens with one attached hydrogen (secondary N) is 1. The molecular weight excluding hydrogens is 542 g/mol. The third-order valence-electron chi connectivity index (χ3n) is 7.10. The molecule has 1 aliphatic rings. The molecule has 0 radical (unpaired) electrons. The van der Waals surface area contributed by atoms with Gasteiger partial charge in [-0.1, -0.05) is 30.3 Å². The molecule has 0 aromatic heterocycles. The zero-order chi connectivity index (χ0) is 29.6. The lowest BCUT2D eigenvalue weighted by Gasteiger charge is -2.46. The Hall–Kier alpha value is -3.45. The molecule has 0 unspecified atom stereocenters. The third kappa shape index (κ3) is 7.19. The average molecular weight is 573 g/mol. The second-order valence-electron chi connectivity index (χ2n) is 9.63. The summed E-state index contributed by atoms with van der Waals surface area (Å²) >= 11 is 0. The van der Waals surface area contributed by atoms with Gasteiger partial charge in [0.2, 0.25) is 0 Å². The quantitative estimate of drug-likeness (QED) is 0.134. The van der Waals surface area contributed by atoms with Crippen LogP contribution in [0.5, 0.6) is 0 Å². The molecule has 1 fully saturated rings. The van der Waals surface area contributed by atoms with Crippen LogP contribution in [0.25, 0.3) is 0 Å². The van der Waals surface area contributed by atoms with Crippen LogP contribution >= 0.6 is 0 Å². The summed E-state index contributed by atoms with van der Waals surface area (Å²) in [6.45, 7) is 1.43. The van der Waals surface area contributed by atoms with Crippen molar-refractivity contribution in [3.63, 3.8) is 0 Å². The van der Waals surface area contributed by atoms with Crippen LogP contribution in [0.2, 0.25) is 0 Å². The highest BCUT2D eigenvalue weighted by atomic mass is 19.4. The fourth-order valence-electron chi connectivity index (χ4n) is 4.70. The topological polar surface area (TPSA) is 98.3 Å². The maximum Gasteiger partial charge on any atom is 0.416 e. The third-order valence-corrected chi connectivity index (χ3v) is 7.10. The minimum absolute atomic E-state index is 0.0823. The number of carbonyl (C=O) groups is 1. The number of nitrogens with zero attached hydrogens (tertiary/aromatic N) is 2. The van der Waals surface area contributed by atoms with E-state index in [9.17, 15) is 31.1 Å². The number of esters is 1. The molecule has 0 amide bonds. The van der Waals surface area contributed by atoms with Gasteiger partial charge >= 0.3 is 18.3 Å². The lowest BCUT2D eigenvalue weighted by atomic mass is 9.70. The molecule has 7 nitrogen and oxygen atoms in total. The van der Waals surface area contributed by atoms with E-state index in [-0.39, 0.29) is 31.2 Å². The molecule has 3 rings (SSSR count). The highest BCUT2D eigenvalue weighted by Crippen LogP contribution is 2.42. The Morgan fingerprint density at radius 2 is 1.68 bits per heavy atom. The number of ether oxygens (including phenoxy) is 2. The number of nitrogens with two attached hydrogens (primary N) is 1. The van der Waals surface area contributed by atoms with Gasteiger partial charge in [0.1, 0.15) is 6.34 Å². The van der Waals surface area contributed by atoms with Gasteiger partial charge in [0, 0.05) is 19.2 Å². The number of piperidine rings is 1. The van der Waals surface area contributed by atoms with Crippen molar-refractivity contribution in [3.8, 4) is 0 Å². The van der Waals surface area contributed by atoms with Crippen molar-refractivity contribution in [1.29, 1.82) is 0 Å². The largest absolute Gasteiger partial charge is 0.469 e. The number of alkyl halides is 6. The summed E-state index contributed by atoms with van der Waals surface area (Å²) in [6, 6.07) is 10.5. The molecule has 13 heteroatoms. The molecular formula is C27H30F6N4O3. The second-order valence-corrected chi connectivity index (χ2v) is 9.63. The van der Waals surface area contributed by atoms with Crippen LogP contribution in [-0.4, -0.2) is 38.8 Å². The van der Waals surface area contributed by atoms with E-state index in [0.29, 0.717) is 25.0 Å². The van der Waals surface area contributed by atoms with Crippen LogP contribution in [0.4, 0.5) is 26.3 Å². The Labute approximate surface area is 227 Å². The lowest BCUT2D eigenvalue weighted by Crippen LogP contribution is -2.58. The van der Waals surface area contributed by atoms with E-state index in [0.717, 1.165) is 11.9 Å². The van der Waals surface area contributed by atoms with Crippen LogP contribution in [0.3, 0.4) is 0 Å². The van der Waals surface area contributed by atoms with Gasteiger partial charge in [0.25, 0.3) is 0 Å². The van der Waals surface area contributed by atoms with Crippen LogP contribution in [0, 0.1) is 5.41 Å². The van der Waals surface area contributed by atoms with Gasteiger partial charge in [0.15, 0.2) is 0 Å². The van der Waals surface area contributed by atoms with Crippen LogP contribution in [-0.2, 0) is 32.2 Å². The van der Waals surface area contributed by atoms with E-state index >= 15 is 0 Å². The van der Waals surface area contributed by atoms with Crippen molar-refractivity contribution in [2.75, 3.05) is 20.3 Å². The summed E-state index contributed by atoms with van der Waals surface area (Å²) in [5, 5.41) is 10.7. The Kier molecular flexibility index (Phi) is 9.62. The predicted octanol–water partition coefficient (Wildman–Crippen LogP) is 5.60. The molecule has 40 heavy (non-hydrogen) atoms. The van der Waals surface area contributed by atoms with E-state index in [1.807, 2.05) is 12.1 Å².